The zero-order valence-corrected chi connectivity index (χ0v) is 10.1. The van der Waals surface area contributed by atoms with Crippen LogP contribution in [-0.4, -0.2) is 9.97 Å². The predicted octanol–water partition coefficient (Wildman–Crippen LogP) is 2.83. The van der Waals surface area contributed by atoms with Gasteiger partial charge in [0.25, 0.3) is 0 Å². The van der Waals surface area contributed by atoms with Crippen molar-refractivity contribution >= 4 is 17.7 Å². The lowest BCUT2D eigenvalue weighted by atomic mass is 10.2. The maximum Gasteiger partial charge on any atom is 0.221 e. The third kappa shape index (κ3) is 2.73. The van der Waals surface area contributed by atoms with Gasteiger partial charge in [0.05, 0.1) is 0 Å². The summed E-state index contributed by atoms with van der Waals surface area (Å²) in [5.41, 5.74) is 7.74. The Morgan fingerprint density at radius 3 is 2.62 bits per heavy atom. The van der Waals surface area contributed by atoms with Crippen LogP contribution in [0, 0.1) is 13.8 Å². The van der Waals surface area contributed by atoms with Crippen LogP contribution in [0.4, 0.5) is 5.95 Å². The Kier molecular flexibility index (Phi) is 3.10. The fourth-order valence-electron chi connectivity index (χ4n) is 1.41. The van der Waals surface area contributed by atoms with Crippen LogP contribution in [0.2, 0.25) is 0 Å². The lowest BCUT2D eigenvalue weighted by molar-refractivity contribution is 1.02. The summed E-state index contributed by atoms with van der Waals surface area (Å²) in [6, 6.07) is 10.2. The molecule has 1 aromatic heterocycles. The molecule has 82 valence electrons. The molecule has 2 N–H and O–H groups in total. The average molecular weight is 231 g/mol. The van der Waals surface area contributed by atoms with Gasteiger partial charge in [-0.3, -0.25) is 0 Å². The van der Waals surface area contributed by atoms with Crippen molar-refractivity contribution in [3.8, 4) is 0 Å². The first kappa shape index (κ1) is 11.0. The van der Waals surface area contributed by atoms with Gasteiger partial charge in [-0.2, -0.15) is 0 Å². The lowest BCUT2D eigenvalue weighted by Gasteiger charge is -2.03. The normalized spacial score (nSPS) is 10.4. The summed E-state index contributed by atoms with van der Waals surface area (Å²) in [6.07, 6.45) is 0. The second-order valence-electron chi connectivity index (χ2n) is 3.62. The first-order chi connectivity index (χ1) is 7.63. The highest BCUT2D eigenvalue weighted by atomic mass is 32.2. The summed E-state index contributed by atoms with van der Waals surface area (Å²) in [4.78, 5) is 9.40. The summed E-state index contributed by atoms with van der Waals surface area (Å²) in [5.74, 6) is 0.329. The minimum atomic E-state index is 0.329. The van der Waals surface area contributed by atoms with Crippen LogP contribution in [0.3, 0.4) is 0 Å². The van der Waals surface area contributed by atoms with Crippen LogP contribution in [0.5, 0.6) is 0 Å². The summed E-state index contributed by atoms with van der Waals surface area (Å²) < 4.78 is 0. The molecule has 3 nitrogen and oxygen atoms in total. The first-order valence-electron chi connectivity index (χ1n) is 4.99. The molecule has 0 saturated carbocycles. The second-order valence-corrected chi connectivity index (χ2v) is 4.72. The van der Waals surface area contributed by atoms with Gasteiger partial charge in [-0.1, -0.05) is 29.5 Å². The van der Waals surface area contributed by atoms with Crippen molar-refractivity contribution in [2.45, 2.75) is 23.8 Å². The molecular weight excluding hydrogens is 218 g/mol. The van der Waals surface area contributed by atoms with E-state index in [0.29, 0.717) is 5.95 Å². The molecular formula is C12H13N3S. The van der Waals surface area contributed by atoms with Crippen LogP contribution >= 0.6 is 11.8 Å². The van der Waals surface area contributed by atoms with Gasteiger partial charge in [0.2, 0.25) is 5.95 Å². The van der Waals surface area contributed by atoms with E-state index in [0.717, 1.165) is 15.6 Å². The second kappa shape index (κ2) is 4.53. The van der Waals surface area contributed by atoms with Gasteiger partial charge in [0.1, 0.15) is 5.03 Å². The van der Waals surface area contributed by atoms with Crippen LogP contribution < -0.4 is 5.73 Å². The third-order valence-corrected chi connectivity index (χ3v) is 2.97. The molecule has 1 aromatic carbocycles. The molecule has 0 aliphatic heterocycles. The van der Waals surface area contributed by atoms with E-state index in [1.165, 1.54) is 5.56 Å². The van der Waals surface area contributed by atoms with Gasteiger partial charge in [0.15, 0.2) is 0 Å². The van der Waals surface area contributed by atoms with Crippen LogP contribution in [-0.2, 0) is 0 Å². The van der Waals surface area contributed by atoms with Crippen molar-refractivity contribution in [2.75, 3.05) is 5.73 Å². The molecule has 0 amide bonds. The molecule has 0 saturated heterocycles. The van der Waals surface area contributed by atoms with Crippen LogP contribution in [0.15, 0.2) is 40.3 Å². The number of nitrogens with two attached hydrogens (primary N) is 1. The highest BCUT2D eigenvalue weighted by Crippen LogP contribution is 2.27. The Morgan fingerprint density at radius 1 is 1.12 bits per heavy atom. The Balaban J connectivity index is 2.27. The molecule has 0 atom stereocenters. The van der Waals surface area contributed by atoms with E-state index in [9.17, 15) is 0 Å². The topological polar surface area (TPSA) is 51.8 Å². The van der Waals surface area contributed by atoms with Crippen molar-refractivity contribution < 1.29 is 0 Å². The van der Waals surface area contributed by atoms with E-state index in [4.69, 9.17) is 5.73 Å². The van der Waals surface area contributed by atoms with Crippen LogP contribution in [0.1, 0.15) is 11.3 Å². The Bertz CT molecular complexity index is 491. The van der Waals surface area contributed by atoms with Gasteiger partial charge >= 0.3 is 0 Å². The molecule has 2 rings (SSSR count). The van der Waals surface area contributed by atoms with Crippen molar-refractivity contribution in [3.63, 3.8) is 0 Å². The van der Waals surface area contributed by atoms with Gasteiger partial charge < -0.3 is 5.73 Å². The van der Waals surface area contributed by atoms with Gasteiger partial charge in [-0.05, 0) is 32.0 Å². The predicted molar refractivity (Wildman–Crippen MR) is 66.5 cm³/mol. The minimum Gasteiger partial charge on any atom is -0.368 e. The van der Waals surface area contributed by atoms with E-state index in [1.807, 2.05) is 19.1 Å². The zero-order valence-electron chi connectivity index (χ0n) is 9.27. The quantitative estimate of drug-likeness (QED) is 0.807. The van der Waals surface area contributed by atoms with Gasteiger partial charge in [-0.25, -0.2) is 9.97 Å². The van der Waals surface area contributed by atoms with Crippen molar-refractivity contribution in [1.29, 1.82) is 0 Å². The number of anilines is 1. The molecule has 2 aromatic rings. The number of aryl methyl sites for hydroxylation is 2. The highest BCUT2D eigenvalue weighted by Gasteiger charge is 2.02. The summed E-state index contributed by atoms with van der Waals surface area (Å²) in [7, 11) is 0. The summed E-state index contributed by atoms with van der Waals surface area (Å²) in [6.45, 7) is 3.99. The maximum atomic E-state index is 5.61. The molecule has 16 heavy (non-hydrogen) atoms. The van der Waals surface area contributed by atoms with E-state index in [1.54, 1.807) is 11.8 Å². The van der Waals surface area contributed by atoms with E-state index < -0.39 is 0 Å². The van der Waals surface area contributed by atoms with Crippen molar-refractivity contribution in [2.24, 2.45) is 0 Å². The number of hydrogen-bond donors (Lipinski definition) is 1. The number of nitrogens with zero attached hydrogens (tertiary/aromatic N) is 2. The van der Waals surface area contributed by atoms with E-state index in [2.05, 4.69) is 35.1 Å². The summed E-state index contributed by atoms with van der Waals surface area (Å²) in [5, 5.41) is 0.885. The molecule has 0 aliphatic carbocycles. The highest BCUT2D eigenvalue weighted by molar-refractivity contribution is 7.99. The minimum absolute atomic E-state index is 0.329. The molecule has 1 heterocycles. The smallest absolute Gasteiger partial charge is 0.221 e. The number of nitrogen functional groups attached to an aromatic ring is 1. The molecule has 0 radical (unpaired) electrons. The Labute approximate surface area is 99.1 Å². The third-order valence-electron chi connectivity index (χ3n) is 2.06. The number of aromatic nitrogens is 2. The molecule has 0 unspecified atom stereocenters. The fourth-order valence-corrected chi connectivity index (χ4v) is 2.42. The van der Waals surface area contributed by atoms with Crippen molar-refractivity contribution in [1.82, 2.24) is 9.97 Å². The van der Waals surface area contributed by atoms with Crippen molar-refractivity contribution in [3.05, 3.63) is 41.6 Å². The summed E-state index contributed by atoms with van der Waals surface area (Å²) >= 11 is 1.60. The lowest BCUT2D eigenvalue weighted by Crippen LogP contribution is -1.97. The zero-order chi connectivity index (χ0) is 11.5. The molecule has 0 fully saturated rings. The van der Waals surface area contributed by atoms with Gasteiger partial charge in [0, 0.05) is 10.6 Å². The average Bonchev–Trinajstić information content (AvgIpc) is 2.15. The monoisotopic (exact) mass is 231 g/mol. The largest absolute Gasteiger partial charge is 0.368 e. The Morgan fingerprint density at radius 2 is 1.94 bits per heavy atom. The van der Waals surface area contributed by atoms with E-state index in [-0.39, 0.29) is 0 Å². The van der Waals surface area contributed by atoms with Gasteiger partial charge in [-0.15, -0.1) is 0 Å². The standard InChI is InChI=1S/C12H13N3S/c1-8-4-3-5-10(6-8)16-11-7-9(2)14-12(13)15-11/h3-7H,1-2H3,(H2,13,14,15). The first-order valence-corrected chi connectivity index (χ1v) is 5.81. The molecule has 4 heteroatoms. The number of benzene rings is 1. The maximum absolute atomic E-state index is 5.61. The molecule has 0 bridgehead atoms. The molecule has 0 spiro atoms. The number of hydrogen-bond acceptors (Lipinski definition) is 4. The Hall–Kier alpha value is -1.55. The van der Waals surface area contributed by atoms with E-state index >= 15 is 0 Å². The molecule has 0 aliphatic rings. The SMILES string of the molecule is Cc1cccc(Sc2cc(C)nc(N)n2)c1. The number of rotatable bonds is 2. The van der Waals surface area contributed by atoms with Crippen LogP contribution in [0.25, 0.3) is 0 Å². The fraction of sp³-hybridized carbons (Fsp3) is 0.167.